The highest BCUT2D eigenvalue weighted by atomic mass is 35.5. The van der Waals surface area contributed by atoms with Crippen molar-refractivity contribution in [3.05, 3.63) is 58.1 Å². The first-order valence-electron chi connectivity index (χ1n) is 13.2. The van der Waals surface area contributed by atoms with Crippen LogP contribution in [-0.4, -0.2) is 70.8 Å². The lowest BCUT2D eigenvalue weighted by molar-refractivity contribution is -0.130. The van der Waals surface area contributed by atoms with Gasteiger partial charge in [-0.25, -0.2) is 4.79 Å². The van der Waals surface area contributed by atoms with Gasteiger partial charge in [0.2, 0.25) is 0 Å². The highest BCUT2D eigenvalue weighted by Gasteiger charge is 2.43. The summed E-state index contributed by atoms with van der Waals surface area (Å²) >= 11 is 6.26. The highest BCUT2D eigenvalue weighted by molar-refractivity contribution is 6.32. The summed E-state index contributed by atoms with van der Waals surface area (Å²) < 4.78 is 11.8. The maximum absolute atomic E-state index is 12.3. The van der Waals surface area contributed by atoms with Gasteiger partial charge in [0.25, 0.3) is 5.91 Å². The van der Waals surface area contributed by atoms with Crippen LogP contribution in [0.15, 0.2) is 36.4 Å². The monoisotopic (exact) mass is 543 g/mol. The van der Waals surface area contributed by atoms with E-state index in [9.17, 15) is 14.7 Å². The predicted molar refractivity (Wildman–Crippen MR) is 147 cm³/mol. The quantitative estimate of drug-likeness (QED) is 0.339. The third kappa shape index (κ3) is 6.79. The van der Waals surface area contributed by atoms with Crippen LogP contribution < -0.4 is 14.8 Å². The number of benzene rings is 2. The van der Waals surface area contributed by atoms with Gasteiger partial charge in [-0.05, 0) is 94.5 Å². The van der Waals surface area contributed by atoms with Gasteiger partial charge in [0.1, 0.15) is 29.2 Å². The zero-order chi connectivity index (χ0) is 27.5. The standard InChI is InChI=1S/C29H38ClN3O5/c1-20-15-24(16-21(2)25(20)30)38-19-29(36)11-5-12-32(18-29)17-22-7-9-23(10-8-22)37-14-6-13-33-26(34)28(3,4)31-27(33)35/h7-10,15-16,36H,5-6,11-14,17-19H2,1-4H3,(H,31,35)/t29-/m1/s1. The van der Waals surface area contributed by atoms with Crippen molar-refractivity contribution in [2.45, 2.75) is 64.6 Å². The van der Waals surface area contributed by atoms with E-state index in [0.717, 1.165) is 52.7 Å². The van der Waals surface area contributed by atoms with E-state index >= 15 is 0 Å². The maximum atomic E-state index is 12.3. The maximum Gasteiger partial charge on any atom is 0.325 e. The number of rotatable bonds is 10. The van der Waals surface area contributed by atoms with Crippen molar-refractivity contribution in [2.24, 2.45) is 0 Å². The zero-order valence-corrected chi connectivity index (χ0v) is 23.4. The number of piperidine rings is 1. The molecule has 0 saturated carbocycles. The summed E-state index contributed by atoms with van der Waals surface area (Å²) in [7, 11) is 0. The van der Waals surface area contributed by atoms with Crippen molar-refractivity contribution in [3.8, 4) is 11.5 Å². The van der Waals surface area contributed by atoms with Crippen LogP contribution in [-0.2, 0) is 11.3 Å². The fourth-order valence-electron chi connectivity index (χ4n) is 5.05. The molecule has 2 aromatic carbocycles. The Morgan fingerprint density at radius 1 is 1.05 bits per heavy atom. The highest BCUT2D eigenvalue weighted by Crippen LogP contribution is 2.28. The molecule has 0 unspecified atom stereocenters. The largest absolute Gasteiger partial charge is 0.494 e. The summed E-state index contributed by atoms with van der Waals surface area (Å²) in [5.74, 6) is 1.26. The van der Waals surface area contributed by atoms with Gasteiger partial charge in [-0.3, -0.25) is 14.6 Å². The van der Waals surface area contributed by atoms with E-state index in [1.807, 2.05) is 50.2 Å². The van der Waals surface area contributed by atoms with Crippen molar-refractivity contribution < 1.29 is 24.2 Å². The molecule has 8 nitrogen and oxygen atoms in total. The normalized spacial score (nSPS) is 21.5. The van der Waals surface area contributed by atoms with Gasteiger partial charge in [0, 0.05) is 24.7 Å². The second-order valence-corrected chi connectivity index (χ2v) is 11.4. The number of aliphatic hydroxyl groups is 1. The number of carbonyl (C=O) groups excluding carboxylic acids is 2. The summed E-state index contributed by atoms with van der Waals surface area (Å²) in [6, 6.07) is 11.4. The third-order valence-corrected chi connectivity index (χ3v) is 7.72. The number of nitrogens with zero attached hydrogens (tertiary/aromatic N) is 2. The molecule has 38 heavy (non-hydrogen) atoms. The Bertz CT molecular complexity index is 1150. The summed E-state index contributed by atoms with van der Waals surface area (Å²) in [6.45, 7) is 10.4. The average Bonchev–Trinajstić information content (AvgIpc) is 3.06. The fraction of sp³-hybridized carbons (Fsp3) is 0.517. The molecule has 0 spiro atoms. The average molecular weight is 544 g/mol. The smallest absolute Gasteiger partial charge is 0.325 e. The number of carbonyl (C=O) groups is 2. The molecule has 206 valence electrons. The molecule has 2 aliphatic rings. The molecule has 9 heteroatoms. The van der Waals surface area contributed by atoms with Crippen molar-refractivity contribution >= 4 is 23.5 Å². The molecule has 0 radical (unpaired) electrons. The minimum absolute atomic E-state index is 0.210. The molecule has 0 aromatic heterocycles. The number of halogens is 1. The van der Waals surface area contributed by atoms with Gasteiger partial charge < -0.3 is 19.9 Å². The first-order chi connectivity index (χ1) is 18.0. The summed E-state index contributed by atoms with van der Waals surface area (Å²) in [5, 5.41) is 14.6. The van der Waals surface area contributed by atoms with E-state index in [0.29, 0.717) is 32.5 Å². The Balaban J connectivity index is 1.22. The molecule has 4 rings (SSSR count). The molecule has 1 atom stereocenters. The Hall–Kier alpha value is -2.81. The lowest BCUT2D eigenvalue weighted by Gasteiger charge is -2.39. The van der Waals surface area contributed by atoms with Gasteiger partial charge in [0.15, 0.2) is 0 Å². The first-order valence-corrected chi connectivity index (χ1v) is 13.5. The fourth-order valence-corrected chi connectivity index (χ4v) is 5.16. The number of hydrogen-bond acceptors (Lipinski definition) is 6. The molecule has 2 saturated heterocycles. The molecule has 2 N–H and O–H groups in total. The molecular weight excluding hydrogens is 506 g/mol. The number of ether oxygens (including phenoxy) is 2. The lowest BCUT2D eigenvalue weighted by Crippen LogP contribution is -2.51. The van der Waals surface area contributed by atoms with Gasteiger partial charge in [-0.2, -0.15) is 0 Å². The van der Waals surface area contributed by atoms with Crippen molar-refractivity contribution in [3.63, 3.8) is 0 Å². The molecule has 2 aromatic rings. The molecule has 2 fully saturated rings. The van der Waals surface area contributed by atoms with E-state index in [1.54, 1.807) is 13.8 Å². The molecule has 2 heterocycles. The molecule has 0 bridgehead atoms. The van der Waals surface area contributed by atoms with E-state index < -0.39 is 11.1 Å². The van der Waals surface area contributed by atoms with Crippen LogP contribution in [0.5, 0.6) is 11.5 Å². The summed E-state index contributed by atoms with van der Waals surface area (Å²) in [4.78, 5) is 27.7. The number of imide groups is 1. The zero-order valence-electron chi connectivity index (χ0n) is 22.7. The van der Waals surface area contributed by atoms with Crippen LogP contribution in [0.2, 0.25) is 5.02 Å². The predicted octanol–water partition coefficient (Wildman–Crippen LogP) is 4.46. The van der Waals surface area contributed by atoms with Crippen LogP contribution in [0.1, 0.15) is 49.8 Å². The van der Waals surface area contributed by atoms with Gasteiger partial charge in [-0.15, -0.1) is 0 Å². The Morgan fingerprint density at radius 2 is 1.74 bits per heavy atom. The number of urea groups is 1. The third-order valence-electron chi connectivity index (χ3n) is 7.12. The summed E-state index contributed by atoms with van der Waals surface area (Å²) in [5.41, 5.74) is 1.30. The number of aryl methyl sites for hydroxylation is 2. The van der Waals surface area contributed by atoms with Crippen LogP contribution in [0, 0.1) is 13.8 Å². The van der Waals surface area contributed by atoms with Crippen molar-refractivity contribution in [1.29, 1.82) is 0 Å². The van der Waals surface area contributed by atoms with Crippen LogP contribution >= 0.6 is 11.6 Å². The minimum Gasteiger partial charge on any atom is -0.494 e. The Labute approximate surface area is 229 Å². The van der Waals surface area contributed by atoms with Crippen molar-refractivity contribution in [1.82, 2.24) is 15.1 Å². The Morgan fingerprint density at radius 3 is 2.37 bits per heavy atom. The number of nitrogens with one attached hydrogen (secondary N) is 1. The van der Waals surface area contributed by atoms with Crippen LogP contribution in [0.3, 0.4) is 0 Å². The molecular formula is C29H38ClN3O5. The number of likely N-dealkylation sites (tertiary alicyclic amines) is 1. The second kappa shape index (κ2) is 11.5. The van der Waals surface area contributed by atoms with Gasteiger partial charge in [0.05, 0.1) is 6.61 Å². The number of hydrogen-bond donors (Lipinski definition) is 2. The second-order valence-electron chi connectivity index (χ2n) is 11.1. The van der Waals surface area contributed by atoms with E-state index in [-0.39, 0.29) is 18.5 Å². The van der Waals surface area contributed by atoms with E-state index in [1.165, 1.54) is 4.90 Å². The van der Waals surface area contributed by atoms with Crippen LogP contribution in [0.25, 0.3) is 0 Å². The Kier molecular flexibility index (Phi) is 8.55. The molecule has 3 amide bonds. The number of β-amino-alcohol motifs (C(OH)–C–C–N with tert-alkyl or cyclic N) is 1. The first kappa shape index (κ1) is 28.2. The lowest BCUT2D eigenvalue weighted by atomic mass is 9.93. The minimum atomic E-state index is -0.911. The number of amides is 3. The van der Waals surface area contributed by atoms with E-state index in [2.05, 4.69) is 10.2 Å². The van der Waals surface area contributed by atoms with Crippen LogP contribution in [0.4, 0.5) is 4.79 Å². The molecule has 2 aliphatic heterocycles. The topological polar surface area (TPSA) is 91.3 Å². The molecule has 0 aliphatic carbocycles. The van der Waals surface area contributed by atoms with Gasteiger partial charge >= 0.3 is 6.03 Å². The SMILES string of the molecule is Cc1cc(OC[C@@]2(O)CCCN(Cc3ccc(OCCCN4C(=O)NC(C)(C)C4=O)cc3)C2)cc(C)c1Cl. The van der Waals surface area contributed by atoms with Gasteiger partial charge in [-0.1, -0.05) is 23.7 Å². The van der Waals surface area contributed by atoms with E-state index in [4.69, 9.17) is 21.1 Å². The summed E-state index contributed by atoms with van der Waals surface area (Å²) in [6.07, 6.45) is 2.15. The van der Waals surface area contributed by atoms with Crippen molar-refractivity contribution in [2.75, 3.05) is 32.8 Å².